The van der Waals surface area contributed by atoms with Crippen LogP contribution >= 0.6 is 0 Å². The first-order valence-electron chi connectivity index (χ1n) is 6.77. The molecule has 0 radical (unpaired) electrons. The van der Waals surface area contributed by atoms with Crippen molar-refractivity contribution in [3.8, 4) is 0 Å². The number of rotatable bonds is 5. The van der Waals surface area contributed by atoms with Gasteiger partial charge in [0, 0.05) is 6.08 Å². The smallest absolute Gasteiger partial charge is 0.336 e. The molecule has 0 saturated carbocycles. The summed E-state index contributed by atoms with van der Waals surface area (Å²) in [7, 11) is 1.27. The molecule has 22 heavy (non-hydrogen) atoms. The van der Waals surface area contributed by atoms with Crippen LogP contribution in [0, 0.1) is 0 Å². The van der Waals surface area contributed by atoms with Gasteiger partial charge in [-0.1, -0.05) is 48.5 Å². The first-order chi connectivity index (χ1) is 10.6. The normalized spacial score (nSPS) is 10.6. The minimum atomic E-state index is -1.02. The summed E-state index contributed by atoms with van der Waals surface area (Å²) in [6.07, 6.45) is 3.19. The fraction of sp³-hybridized carbons (Fsp3) is 0.111. The highest BCUT2D eigenvalue weighted by molar-refractivity contribution is 5.96. The molecular weight excluding hydrogens is 280 g/mol. The Labute approximate surface area is 128 Å². The van der Waals surface area contributed by atoms with Gasteiger partial charge in [-0.15, -0.1) is 0 Å². The van der Waals surface area contributed by atoms with Crippen molar-refractivity contribution in [1.82, 2.24) is 0 Å². The molecule has 4 nitrogen and oxygen atoms in total. The third kappa shape index (κ3) is 3.82. The third-order valence-corrected chi connectivity index (χ3v) is 3.23. The summed E-state index contributed by atoms with van der Waals surface area (Å²) in [5, 5.41) is 9.50. The Morgan fingerprint density at radius 1 is 1.09 bits per heavy atom. The van der Waals surface area contributed by atoms with Crippen LogP contribution in [0.15, 0.2) is 54.6 Å². The van der Waals surface area contributed by atoms with E-state index in [1.807, 2.05) is 30.3 Å². The van der Waals surface area contributed by atoms with Gasteiger partial charge in [0.25, 0.3) is 0 Å². The number of esters is 1. The van der Waals surface area contributed by atoms with Crippen molar-refractivity contribution in [3.05, 3.63) is 76.9 Å². The van der Waals surface area contributed by atoms with Crippen molar-refractivity contribution >= 4 is 18.0 Å². The van der Waals surface area contributed by atoms with Crippen LogP contribution < -0.4 is 0 Å². The molecule has 4 heteroatoms. The van der Waals surface area contributed by atoms with E-state index < -0.39 is 11.9 Å². The first-order valence-corrected chi connectivity index (χ1v) is 6.77. The summed E-state index contributed by atoms with van der Waals surface area (Å²) in [6, 6.07) is 14.9. The fourth-order valence-electron chi connectivity index (χ4n) is 2.21. The second-order valence-corrected chi connectivity index (χ2v) is 4.71. The van der Waals surface area contributed by atoms with E-state index in [1.54, 1.807) is 18.2 Å². The quantitative estimate of drug-likeness (QED) is 0.680. The van der Waals surface area contributed by atoms with Crippen LogP contribution in [0.25, 0.3) is 6.08 Å². The average Bonchev–Trinajstić information content (AvgIpc) is 2.53. The lowest BCUT2D eigenvalue weighted by atomic mass is 9.95. The molecular formula is C18H16O4. The number of carbonyl (C=O) groups is 2. The van der Waals surface area contributed by atoms with Gasteiger partial charge in [0.15, 0.2) is 0 Å². The number of carbonyl (C=O) groups excluding carboxylic acids is 1. The number of aromatic carboxylic acids is 1. The fourth-order valence-corrected chi connectivity index (χ4v) is 2.21. The SMILES string of the molecule is COC(=O)C=Cc1cccc(Cc2ccccc2)c1C(=O)O. The maximum Gasteiger partial charge on any atom is 0.336 e. The van der Waals surface area contributed by atoms with Crippen LogP contribution in [-0.4, -0.2) is 24.2 Å². The summed E-state index contributed by atoms with van der Waals surface area (Å²) in [6.45, 7) is 0. The summed E-state index contributed by atoms with van der Waals surface area (Å²) < 4.78 is 4.53. The summed E-state index contributed by atoms with van der Waals surface area (Å²) in [5.74, 6) is -1.54. The first kappa shape index (κ1) is 15.5. The van der Waals surface area contributed by atoms with Gasteiger partial charge in [-0.25, -0.2) is 9.59 Å². The summed E-state index contributed by atoms with van der Waals surface area (Å²) in [4.78, 5) is 22.8. The molecule has 0 aromatic heterocycles. The molecule has 2 rings (SSSR count). The molecule has 0 aliphatic carbocycles. The molecule has 0 spiro atoms. The molecule has 0 heterocycles. The van der Waals surface area contributed by atoms with Crippen molar-refractivity contribution in [2.24, 2.45) is 0 Å². The zero-order valence-electron chi connectivity index (χ0n) is 12.2. The standard InChI is InChI=1S/C18H16O4/c1-22-16(19)11-10-14-8-5-9-15(17(14)18(20)21)12-13-6-3-2-4-7-13/h2-11H,12H2,1H3,(H,20,21). The lowest BCUT2D eigenvalue weighted by Crippen LogP contribution is -2.06. The van der Waals surface area contributed by atoms with Crippen molar-refractivity contribution in [3.63, 3.8) is 0 Å². The van der Waals surface area contributed by atoms with Crippen LogP contribution in [-0.2, 0) is 16.0 Å². The lowest BCUT2D eigenvalue weighted by Gasteiger charge is -2.09. The van der Waals surface area contributed by atoms with Gasteiger partial charge in [-0.05, 0) is 29.2 Å². The van der Waals surface area contributed by atoms with Crippen molar-refractivity contribution < 1.29 is 19.4 Å². The molecule has 0 fully saturated rings. The van der Waals surface area contributed by atoms with Crippen molar-refractivity contribution in [2.75, 3.05) is 7.11 Å². The maximum absolute atomic E-state index is 11.6. The highest BCUT2D eigenvalue weighted by Crippen LogP contribution is 2.20. The zero-order chi connectivity index (χ0) is 15.9. The summed E-state index contributed by atoms with van der Waals surface area (Å²) >= 11 is 0. The average molecular weight is 296 g/mol. The van der Waals surface area contributed by atoms with Crippen molar-refractivity contribution in [2.45, 2.75) is 6.42 Å². The molecule has 0 saturated heterocycles. The Hall–Kier alpha value is -2.88. The molecule has 0 unspecified atom stereocenters. The van der Waals surface area contributed by atoms with Gasteiger partial charge in [0.2, 0.25) is 0 Å². The lowest BCUT2D eigenvalue weighted by molar-refractivity contribution is -0.134. The van der Waals surface area contributed by atoms with Crippen molar-refractivity contribution in [1.29, 1.82) is 0 Å². The van der Waals surface area contributed by atoms with Crippen LogP contribution in [0.2, 0.25) is 0 Å². The number of methoxy groups -OCH3 is 1. The Kier molecular flexibility index (Phi) is 5.09. The molecule has 0 bridgehead atoms. The molecule has 0 aliphatic heterocycles. The number of hydrogen-bond donors (Lipinski definition) is 1. The molecule has 112 valence electrons. The largest absolute Gasteiger partial charge is 0.478 e. The van der Waals surface area contributed by atoms with Gasteiger partial charge in [0.1, 0.15) is 0 Å². The number of benzene rings is 2. The Morgan fingerprint density at radius 2 is 1.82 bits per heavy atom. The van der Waals surface area contributed by atoms with Gasteiger partial charge >= 0.3 is 11.9 Å². The van der Waals surface area contributed by atoms with Crippen LogP contribution in [0.1, 0.15) is 27.0 Å². The Bertz CT molecular complexity index is 702. The molecule has 2 aromatic carbocycles. The highest BCUT2D eigenvalue weighted by atomic mass is 16.5. The van der Waals surface area contributed by atoms with Crippen LogP contribution in [0.3, 0.4) is 0 Å². The Morgan fingerprint density at radius 3 is 2.45 bits per heavy atom. The van der Waals surface area contributed by atoms with E-state index in [9.17, 15) is 14.7 Å². The van der Waals surface area contributed by atoms with Crippen LogP contribution in [0.5, 0.6) is 0 Å². The van der Waals surface area contributed by atoms with Crippen LogP contribution in [0.4, 0.5) is 0 Å². The van der Waals surface area contributed by atoms with E-state index in [-0.39, 0.29) is 5.56 Å². The Balaban J connectivity index is 2.40. The monoisotopic (exact) mass is 296 g/mol. The van der Waals surface area contributed by atoms with E-state index in [4.69, 9.17) is 0 Å². The van der Waals surface area contributed by atoms with Gasteiger partial charge in [-0.3, -0.25) is 0 Å². The van der Waals surface area contributed by atoms with E-state index in [1.165, 1.54) is 19.3 Å². The second-order valence-electron chi connectivity index (χ2n) is 4.71. The van der Waals surface area contributed by atoms with E-state index in [0.717, 1.165) is 5.56 Å². The maximum atomic E-state index is 11.6. The van der Waals surface area contributed by atoms with Gasteiger partial charge < -0.3 is 9.84 Å². The minimum Gasteiger partial charge on any atom is -0.478 e. The van der Waals surface area contributed by atoms with Gasteiger partial charge in [-0.2, -0.15) is 0 Å². The molecule has 2 aromatic rings. The predicted molar refractivity (Wildman–Crippen MR) is 83.7 cm³/mol. The molecule has 0 aliphatic rings. The van der Waals surface area contributed by atoms with E-state index in [2.05, 4.69) is 4.74 Å². The topological polar surface area (TPSA) is 63.6 Å². The molecule has 0 atom stereocenters. The highest BCUT2D eigenvalue weighted by Gasteiger charge is 2.14. The predicted octanol–water partition coefficient (Wildman–Crippen LogP) is 3.16. The second kappa shape index (κ2) is 7.22. The molecule has 0 amide bonds. The number of carboxylic acids is 1. The van der Waals surface area contributed by atoms with E-state index in [0.29, 0.717) is 17.5 Å². The number of carboxylic acid groups (broad SMARTS) is 1. The zero-order valence-corrected chi connectivity index (χ0v) is 12.2. The minimum absolute atomic E-state index is 0.200. The number of ether oxygens (including phenoxy) is 1. The summed E-state index contributed by atoms with van der Waals surface area (Å²) in [5.41, 5.74) is 2.41. The third-order valence-electron chi connectivity index (χ3n) is 3.23. The number of hydrogen-bond acceptors (Lipinski definition) is 3. The molecule has 1 N–H and O–H groups in total. The van der Waals surface area contributed by atoms with E-state index >= 15 is 0 Å². The van der Waals surface area contributed by atoms with Gasteiger partial charge in [0.05, 0.1) is 12.7 Å².